The number of anilines is 1. The Balaban J connectivity index is 1.75. The summed E-state index contributed by atoms with van der Waals surface area (Å²) in [5.41, 5.74) is 6.55. The smallest absolute Gasteiger partial charge is 0.240 e. The van der Waals surface area contributed by atoms with Crippen LogP contribution in [0.5, 0.6) is 5.88 Å². The SMILES string of the molecule is COc1nccc2ccc(N[C@H]3CC[C@H](CN)CC3)nc12. The van der Waals surface area contributed by atoms with E-state index < -0.39 is 0 Å². The minimum Gasteiger partial charge on any atom is -0.479 e. The molecule has 0 aromatic carbocycles. The van der Waals surface area contributed by atoms with Gasteiger partial charge in [0.05, 0.1) is 7.11 Å². The number of hydrogen-bond acceptors (Lipinski definition) is 5. The Hall–Kier alpha value is -1.88. The maximum atomic E-state index is 5.74. The Kier molecular flexibility index (Phi) is 4.20. The van der Waals surface area contributed by atoms with Gasteiger partial charge in [0, 0.05) is 17.6 Å². The van der Waals surface area contributed by atoms with E-state index in [1.54, 1.807) is 13.3 Å². The second-order valence-corrected chi connectivity index (χ2v) is 5.69. The van der Waals surface area contributed by atoms with Crippen LogP contribution in [0.25, 0.3) is 10.9 Å². The van der Waals surface area contributed by atoms with Gasteiger partial charge in [-0.3, -0.25) is 0 Å². The number of aromatic nitrogens is 2. The van der Waals surface area contributed by atoms with Crippen LogP contribution in [0.2, 0.25) is 0 Å². The molecule has 0 atom stereocenters. The van der Waals surface area contributed by atoms with E-state index in [4.69, 9.17) is 10.5 Å². The minimum atomic E-state index is 0.486. The Labute approximate surface area is 124 Å². The fourth-order valence-corrected chi connectivity index (χ4v) is 3.00. The van der Waals surface area contributed by atoms with Gasteiger partial charge in [0.2, 0.25) is 5.88 Å². The molecule has 0 radical (unpaired) electrons. The molecule has 112 valence electrons. The molecule has 2 aromatic heterocycles. The van der Waals surface area contributed by atoms with Crippen molar-refractivity contribution in [2.75, 3.05) is 19.0 Å². The van der Waals surface area contributed by atoms with E-state index in [9.17, 15) is 0 Å². The number of nitrogens with two attached hydrogens (primary N) is 1. The maximum Gasteiger partial charge on any atom is 0.240 e. The highest BCUT2D eigenvalue weighted by Gasteiger charge is 2.20. The Morgan fingerprint density at radius 1 is 1.24 bits per heavy atom. The number of pyridine rings is 2. The Morgan fingerprint density at radius 2 is 2.05 bits per heavy atom. The van der Waals surface area contributed by atoms with Gasteiger partial charge >= 0.3 is 0 Å². The maximum absolute atomic E-state index is 5.74. The van der Waals surface area contributed by atoms with Crippen molar-refractivity contribution in [3.05, 3.63) is 24.4 Å². The molecule has 0 amide bonds. The van der Waals surface area contributed by atoms with Crippen molar-refractivity contribution in [2.24, 2.45) is 11.7 Å². The predicted molar refractivity (Wildman–Crippen MR) is 84.5 cm³/mol. The van der Waals surface area contributed by atoms with Crippen LogP contribution in [0, 0.1) is 5.92 Å². The van der Waals surface area contributed by atoms with Crippen molar-refractivity contribution < 1.29 is 4.74 Å². The van der Waals surface area contributed by atoms with E-state index >= 15 is 0 Å². The number of nitrogens with zero attached hydrogens (tertiary/aromatic N) is 2. The second kappa shape index (κ2) is 6.26. The summed E-state index contributed by atoms with van der Waals surface area (Å²) in [6.45, 7) is 0.809. The normalized spacial score (nSPS) is 22.2. The molecule has 0 aliphatic heterocycles. The first-order valence-electron chi connectivity index (χ1n) is 7.56. The van der Waals surface area contributed by atoms with Crippen molar-refractivity contribution >= 4 is 16.7 Å². The van der Waals surface area contributed by atoms with Crippen LogP contribution in [0.1, 0.15) is 25.7 Å². The number of hydrogen-bond donors (Lipinski definition) is 2. The molecule has 0 saturated heterocycles. The van der Waals surface area contributed by atoms with Crippen LogP contribution in [0.15, 0.2) is 24.4 Å². The number of ether oxygens (including phenoxy) is 1. The molecule has 1 saturated carbocycles. The summed E-state index contributed by atoms with van der Waals surface area (Å²) in [6.07, 6.45) is 6.46. The molecule has 3 N–H and O–H groups in total. The number of fused-ring (bicyclic) bond motifs is 1. The van der Waals surface area contributed by atoms with Crippen LogP contribution in [-0.2, 0) is 0 Å². The number of nitrogens with one attached hydrogen (secondary N) is 1. The first-order valence-corrected chi connectivity index (χ1v) is 7.56. The van der Waals surface area contributed by atoms with E-state index in [0.29, 0.717) is 17.8 Å². The molecule has 0 unspecified atom stereocenters. The molecule has 0 spiro atoms. The van der Waals surface area contributed by atoms with Gasteiger partial charge in [0.15, 0.2) is 0 Å². The Bertz CT molecular complexity index is 608. The van der Waals surface area contributed by atoms with Gasteiger partial charge in [-0.2, -0.15) is 0 Å². The quantitative estimate of drug-likeness (QED) is 0.903. The highest BCUT2D eigenvalue weighted by Crippen LogP contribution is 2.27. The largest absolute Gasteiger partial charge is 0.479 e. The molecule has 5 heteroatoms. The first-order chi connectivity index (χ1) is 10.3. The molecule has 1 fully saturated rings. The third-order valence-electron chi connectivity index (χ3n) is 4.30. The molecule has 2 heterocycles. The monoisotopic (exact) mass is 286 g/mol. The molecule has 1 aliphatic carbocycles. The van der Waals surface area contributed by atoms with E-state index in [2.05, 4.69) is 21.4 Å². The predicted octanol–water partition coefficient (Wildman–Crippen LogP) is 2.57. The van der Waals surface area contributed by atoms with Crippen LogP contribution in [-0.4, -0.2) is 29.7 Å². The lowest BCUT2D eigenvalue weighted by molar-refractivity contribution is 0.344. The molecule has 21 heavy (non-hydrogen) atoms. The third-order valence-corrected chi connectivity index (χ3v) is 4.30. The lowest BCUT2D eigenvalue weighted by Gasteiger charge is -2.28. The zero-order valence-electron chi connectivity index (χ0n) is 12.4. The summed E-state index contributed by atoms with van der Waals surface area (Å²) in [7, 11) is 1.62. The second-order valence-electron chi connectivity index (χ2n) is 5.69. The summed E-state index contributed by atoms with van der Waals surface area (Å²) in [5, 5.41) is 4.57. The lowest BCUT2D eigenvalue weighted by atomic mass is 9.86. The summed E-state index contributed by atoms with van der Waals surface area (Å²) >= 11 is 0. The van der Waals surface area contributed by atoms with Gasteiger partial charge < -0.3 is 15.8 Å². The van der Waals surface area contributed by atoms with Gasteiger partial charge in [-0.15, -0.1) is 0 Å². The summed E-state index contributed by atoms with van der Waals surface area (Å²) in [6, 6.07) is 6.51. The van der Waals surface area contributed by atoms with Gasteiger partial charge in [-0.05, 0) is 56.3 Å². The van der Waals surface area contributed by atoms with Crippen LogP contribution in [0.3, 0.4) is 0 Å². The van der Waals surface area contributed by atoms with Crippen LogP contribution >= 0.6 is 0 Å². The third kappa shape index (κ3) is 3.08. The zero-order chi connectivity index (χ0) is 14.7. The van der Waals surface area contributed by atoms with Crippen molar-refractivity contribution in [3.63, 3.8) is 0 Å². The van der Waals surface area contributed by atoms with Gasteiger partial charge in [-0.25, -0.2) is 9.97 Å². The van der Waals surface area contributed by atoms with E-state index in [1.807, 2.05) is 12.1 Å². The summed E-state index contributed by atoms with van der Waals surface area (Å²) in [4.78, 5) is 8.86. The van der Waals surface area contributed by atoms with Crippen molar-refractivity contribution in [3.8, 4) is 5.88 Å². The molecule has 3 rings (SSSR count). The van der Waals surface area contributed by atoms with Crippen molar-refractivity contribution in [1.29, 1.82) is 0 Å². The number of rotatable bonds is 4. The molecule has 2 aromatic rings. The number of methoxy groups -OCH3 is 1. The first kappa shape index (κ1) is 14.1. The zero-order valence-corrected chi connectivity index (χ0v) is 12.4. The summed E-state index contributed by atoms with van der Waals surface area (Å²) in [5.74, 6) is 2.16. The van der Waals surface area contributed by atoms with Gasteiger partial charge in [0.1, 0.15) is 11.3 Å². The fourth-order valence-electron chi connectivity index (χ4n) is 3.00. The average Bonchev–Trinajstić information content (AvgIpc) is 2.55. The van der Waals surface area contributed by atoms with Crippen LogP contribution < -0.4 is 15.8 Å². The van der Waals surface area contributed by atoms with E-state index in [1.165, 1.54) is 12.8 Å². The molecular weight excluding hydrogens is 264 g/mol. The van der Waals surface area contributed by atoms with E-state index in [0.717, 1.165) is 36.1 Å². The highest BCUT2D eigenvalue weighted by atomic mass is 16.5. The molecule has 1 aliphatic rings. The van der Waals surface area contributed by atoms with Crippen LogP contribution in [0.4, 0.5) is 5.82 Å². The summed E-state index contributed by atoms with van der Waals surface area (Å²) < 4.78 is 5.29. The lowest BCUT2D eigenvalue weighted by Crippen LogP contribution is -2.29. The molecule has 5 nitrogen and oxygen atoms in total. The topological polar surface area (TPSA) is 73.1 Å². The van der Waals surface area contributed by atoms with Gasteiger partial charge in [0.25, 0.3) is 0 Å². The van der Waals surface area contributed by atoms with Gasteiger partial charge in [-0.1, -0.05) is 0 Å². The van der Waals surface area contributed by atoms with Crippen molar-refractivity contribution in [2.45, 2.75) is 31.7 Å². The Morgan fingerprint density at radius 3 is 2.76 bits per heavy atom. The van der Waals surface area contributed by atoms with Crippen molar-refractivity contribution in [1.82, 2.24) is 9.97 Å². The standard InChI is InChI=1S/C16H22N4O/c1-21-16-15-12(8-9-18-16)4-7-14(20-15)19-13-5-2-11(10-17)3-6-13/h4,7-9,11,13H,2-3,5-6,10,17H2,1H3,(H,19,20)/t11-,13-. The average molecular weight is 286 g/mol. The van der Waals surface area contributed by atoms with E-state index in [-0.39, 0.29) is 0 Å². The molecular formula is C16H22N4O. The fraction of sp³-hybridized carbons (Fsp3) is 0.500. The minimum absolute atomic E-state index is 0.486. The highest BCUT2D eigenvalue weighted by molar-refractivity contribution is 5.84. The molecule has 0 bridgehead atoms.